The first kappa shape index (κ1) is 16.8. The molecular formula is C15H20BrF3N2. The highest BCUT2D eigenvalue weighted by molar-refractivity contribution is 9.10. The zero-order valence-electron chi connectivity index (χ0n) is 12.0. The predicted octanol–water partition coefficient (Wildman–Crippen LogP) is 4.21. The lowest BCUT2D eigenvalue weighted by molar-refractivity contribution is -0.137. The molecule has 0 saturated carbocycles. The van der Waals surface area contributed by atoms with Crippen LogP contribution in [-0.2, 0) is 6.18 Å². The summed E-state index contributed by atoms with van der Waals surface area (Å²) in [5, 5.41) is 3.28. The normalized spacial score (nSPS) is 18.7. The number of nitrogens with one attached hydrogen (secondary N) is 1. The summed E-state index contributed by atoms with van der Waals surface area (Å²) >= 11 is 3.22. The Hall–Kier alpha value is -0.590. The molecule has 1 aliphatic heterocycles. The van der Waals surface area contributed by atoms with Gasteiger partial charge in [-0.15, -0.1) is 0 Å². The number of rotatable bonds is 4. The third-order valence-corrected chi connectivity index (χ3v) is 4.24. The molecule has 0 aliphatic carbocycles. The van der Waals surface area contributed by atoms with Gasteiger partial charge in [-0.25, -0.2) is 0 Å². The number of benzene rings is 1. The molecule has 0 bridgehead atoms. The van der Waals surface area contributed by atoms with E-state index in [1.165, 1.54) is 6.07 Å². The topological polar surface area (TPSA) is 15.3 Å². The molecule has 1 aromatic carbocycles. The van der Waals surface area contributed by atoms with Crippen molar-refractivity contribution in [2.24, 2.45) is 0 Å². The van der Waals surface area contributed by atoms with Crippen molar-refractivity contribution in [2.45, 2.75) is 32.0 Å². The summed E-state index contributed by atoms with van der Waals surface area (Å²) in [6.07, 6.45) is -2.49. The number of halogens is 4. The number of alkyl halides is 3. The molecule has 1 aromatic rings. The smallest absolute Gasteiger partial charge is 0.314 e. The van der Waals surface area contributed by atoms with E-state index >= 15 is 0 Å². The molecule has 1 saturated heterocycles. The van der Waals surface area contributed by atoms with Gasteiger partial charge in [-0.3, -0.25) is 4.90 Å². The molecule has 1 heterocycles. The molecule has 0 radical (unpaired) electrons. The monoisotopic (exact) mass is 364 g/mol. The molecule has 1 atom stereocenters. The largest absolute Gasteiger partial charge is 0.416 e. The fourth-order valence-electron chi connectivity index (χ4n) is 2.80. The third kappa shape index (κ3) is 4.44. The maximum Gasteiger partial charge on any atom is 0.416 e. The molecule has 2 nitrogen and oxygen atoms in total. The Morgan fingerprint density at radius 2 is 1.90 bits per heavy atom. The van der Waals surface area contributed by atoms with Gasteiger partial charge in [0.15, 0.2) is 0 Å². The molecule has 0 spiro atoms. The van der Waals surface area contributed by atoms with Gasteiger partial charge in [-0.2, -0.15) is 13.2 Å². The number of hydrogen-bond acceptors (Lipinski definition) is 2. The highest BCUT2D eigenvalue weighted by atomic mass is 79.9. The van der Waals surface area contributed by atoms with E-state index in [0.29, 0.717) is 4.47 Å². The zero-order valence-corrected chi connectivity index (χ0v) is 13.6. The third-order valence-electron chi connectivity index (χ3n) is 3.79. The van der Waals surface area contributed by atoms with Crippen LogP contribution in [0.3, 0.4) is 0 Å². The fourth-order valence-corrected chi connectivity index (χ4v) is 3.31. The van der Waals surface area contributed by atoms with Crippen LogP contribution < -0.4 is 5.32 Å². The average molecular weight is 365 g/mol. The lowest BCUT2D eigenvalue weighted by Gasteiger charge is -2.35. The summed E-state index contributed by atoms with van der Waals surface area (Å²) in [4.78, 5) is 2.28. The lowest BCUT2D eigenvalue weighted by atomic mass is 9.98. The molecular weight excluding hydrogens is 345 g/mol. The minimum atomic E-state index is -4.31. The van der Waals surface area contributed by atoms with Crippen LogP contribution in [0, 0.1) is 0 Å². The van der Waals surface area contributed by atoms with Crippen molar-refractivity contribution in [3.63, 3.8) is 0 Å². The highest BCUT2D eigenvalue weighted by Gasteiger charge is 2.32. The van der Waals surface area contributed by atoms with Gasteiger partial charge in [0.25, 0.3) is 0 Å². The van der Waals surface area contributed by atoms with Gasteiger partial charge in [0.05, 0.1) is 5.56 Å². The van der Waals surface area contributed by atoms with E-state index in [1.54, 1.807) is 0 Å². The second-order valence-corrected chi connectivity index (χ2v) is 6.28. The maximum atomic E-state index is 13.0. The predicted molar refractivity (Wildman–Crippen MR) is 81.2 cm³/mol. The van der Waals surface area contributed by atoms with E-state index in [4.69, 9.17) is 0 Å². The molecule has 118 valence electrons. The SMILES string of the molecule is CCC[C@@H](c1cc(Br)cc(C(F)(F)F)c1)N1CCNCC1. The van der Waals surface area contributed by atoms with Crippen LogP contribution in [0.1, 0.15) is 36.9 Å². The molecule has 6 heteroatoms. The van der Waals surface area contributed by atoms with Gasteiger partial charge >= 0.3 is 6.18 Å². The van der Waals surface area contributed by atoms with Crippen molar-refractivity contribution in [3.05, 3.63) is 33.8 Å². The Morgan fingerprint density at radius 3 is 2.48 bits per heavy atom. The number of piperazine rings is 1. The van der Waals surface area contributed by atoms with E-state index in [0.717, 1.165) is 50.7 Å². The van der Waals surface area contributed by atoms with Gasteiger partial charge < -0.3 is 5.32 Å². The van der Waals surface area contributed by atoms with Crippen LogP contribution in [-0.4, -0.2) is 31.1 Å². The zero-order chi connectivity index (χ0) is 15.5. The summed E-state index contributed by atoms with van der Waals surface area (Å²) in [5.74, 6) is 0. The summed E-state index contributed by atoms with van der Waals surface area (Å²) in [6, 6.07) is 4.31. The summed E-state index contributed by atoms with van der Waals surface area (Å²) in [6.45, 7) is 5.59. The van der Waals surface area contributed by atoms with Crippen LogP contribution in [0.2, 0.25) is 0 Å². The van der Waals surface area contributed by atoms with Crippen molar-refractivity contribution < 1.29 is 13.2 Å². The van der Waals surface area contributed by atoms with Crippen molar-refractivity contribution in [3.8, 4) is 0 Å². The van der Waals surface area contributed by atoms with Crippen LogP contribution in [0.4, 0.5) is 13.2 Å². The molecule has 0 aromatic heterocycles. The Morgan fingerprint density at radius 1 is 1.24 bits per heavy atom. The minimum Gasteiger partial charge on any atom is -0.314 e. The van der Waals surface area contributed by atoms with Gasteiger partial charge in [-0.05, 0) is 30.2 Å². The van der Waals surface area contributed by atoms with Gasteiger partial charge in [0, 0.05) is 36.7 Å². The van der Waals surface area contributed by atoms with Crippen LogP contribution in [0.5, 0.6) is 0 Å². The van der Waals surface area contributed by atoms with Crippen LogP contribution >= 0.6 is 15.9 Å². The molecule has 0 unspecified atom stereocenters. The second kappa shape index (κ2) is 7.11. The Balaban J connectivity index is 2.32. The first-order chi connectivity index (χ1) is 9.91. The van der Waals surface area contributed by atoms with E-state index in [9.17, 15) is 13.2 Å². The van der Waals surface area contributed by atoms with Crippen LogP contribution in [0.25, 0.3) is 0 Å². The van der Waals surface area contributed by atoms with Crippen molar-refractivity contribution in [1.82, 2.24) is 10.2 Å². The average Bonchev–Trinajstić information content (AvgIpc) is 2.44. The van der Waals surface area contributed by atoms with Gasteiger partial charge in [0.2, 0.25) is 0 Å². The first-order valence-corrected chi connectivity index (χ1v) is 8.03. The Bertz CT molecular complexity index is 470. The molecule has 21 heavy (non-hydrogen) atoms. The number of nitrogens with zero attached hydrogens (tertiary/aromatic N) is 1. The van der Waals surface area contributed by atoms with Crippen LogP contribution in [0.15, 0.2) is 22.7 Å². The van der Waals surface area contributed by atoms with Crippen molar-refractivity contribution in [2.75, 3.05) is 26.2 Å². The molecule has 2 rings (SSSR count). The standard InChI is InChI=1S/C15H20BrF3N2/c1-2-3-14(21-6-4-20-5-7-21)11-8-12(15(17,18)19)10-13(16)9-11/h8-10,14,20H,2-7H2,1H3/t14-/m0/s1. The van der Waals surface area contributed by atoms with E-state index in [1.807, 2.05) is 6.07 Å². The molecule has 1 aliphatic rings. The summed E-state index contributed by atoms with van der Waals surface area (Å²) in [7, 11) is 0. The molecule has 1 fully saturated rings. The Kier molecular flexibility index (Phi) is 5.68. The second-order valence-electron chi connectivity index (χ2n) is 5.36. The molecule has 0 amide bonds. The van der Waals surface area contributed by atoms with Crippen molar-refractivity contribution >= 4 is 15.9 Å². The van der Waals surface area contributed by atoms with Crippen molar-refractivity contribution in [1.29, 1.82) is 0 Å². The first-order valence-electron chi connectivity index (χ1n) is 7.24. The fraction of sp³-hybridized carbons (Fsp3) is 0.600. The molecule has 1 N–H and O–H groups in total. The van der Waals surface area contributed by atoms with E-state index in [2.05, 4.69) is 33.1 Å². The van der Waals surface area contributed by atoms with Gasteiger partial charge in [-0.1, -0.05) is 29.3 Å². The highest BCUT2D eigenvalue weighted by Crippen LogP contribution is 2.35. The quantitative estimate of drug-likeness (QED) is 0.860. The van der Waals surface area contributed by atoms with E-state index in [-0.39, 0.29) is 6.04 Å². The number of hydrogen-bond donors (Lipinski definition) is 1. The summed E-state index contributed by atoms with van der Waals surface area (Å²) < 4.78 is 39.5. The van der Waals surface area contributed by atoms with Gasteiger partial charge in [0.1, 0.15) is 0 Å². The maximum absolute atomic E-state index is 13.0. The van der Waals surface area contributed by atoms with E-state index < -0.39 is 11.7 Å². The lowest BCUT2D eigenvalue weighted by Crippen LogP contribution is -2.45. The Labute approximate surface area is 131 Å². The minimum absolute atomic E-state index is 0.0516. The summed E-state index contributed by atoms with van der Waals surface area (Å²) in [5.41, 5.74) is 0.170.